The zero-order valence-electron chi connectivity index (χ0n) is 16.2. The minimum absolute atomic E-state index is 0.331. The van der Waals surface area contributed by atoms with Crippen LogP contribution in [0, 0.1) is 6.92 Å². The summed E-state index contributed by atoms with van der Waals surface area (Å²) in [4.78, 5) is 12.2. The van der Waals surface area contributed by atoms with Crippen LogP contribution in [0.1, 0.15) is 27.0 Å². The maximum Gasteiger partial charge on any atom is 0.271 e. The summed E-state index contributed by atoms with van der Waals surface area (Å²) in [6.07, 6.45) is 1.53. The van der Waals surface area contributed by atoms with Gasteiger partial charge >= 0.3 is 0 Å². The molecule has 0 bridgehead atoms. The van der Waals surface area contributed by atoms with Gasteiger partial charge in [0.1, 0.15) is 6.61 Å². The minimum atomic E-state index is -0.331. The molecule has 3 rings (SSSR count). The molecule has 0 aliphatic heterocycles. The monoisotopic (exact) mass is 408 g/mol. The number of hydrogen-bond acceptors (Lipinski definition) is 4. The highest BCUT2D eigenvalue weighted by atomic mass is 35.5. The van der Waals surface area contributed by atoms with Crippen molar-refractivity contribution in [3.8, 4) is 11.5 Å². The van der Waals surface area contributed by atoms with Gasteiger partial charge in [-0.2, -0.15) is 5.10 Å². The molecule has 0 spiro atoms. The Hall–Kier alpha value is -3.31. The average molecular weight is 409 g/mol. The summed E-state index contributed by atoms with van der Waals surface area (Å²) in [5.41, 5.74) is 5.89. The molecule has 1 N–H and O–H groups in total. The van der Waals surface area contributed by atoms with E-state index in [-0.39, 0.29) is 5.91 Å². The smallest absolute Gasteiger partial charge is 0.271 e. The first kappa shape index (κ1) is 20.4. The Morgan fingerprint density at radius 1 is 1.07 bits per heavy atom. The van der Waals surface area contributed by atoms with Crippen LogP contribution in [0.3, 0.4) is 0 Å². The first-order valence-electron chi connectivity index (χ1n) is 9.01. The van der Waals surface area contributed by atoms with Gasteiger partial charge in [-0.25, -0.2) is 5.43 Å². The van der Waals surface area contributed by atoms with E-state index in [0.717, 1.165) is 5.56 Å². The van der Waals surface area contributed by atoms with Gasteiger partial charge in [-0.1, -0.05) is 47.5 Å². The molecular formula is C23H21ClN2O3. The number of nitrogens with zero attached hydrogens (tertiary/aromatic N) is 1. The van der Waals surface area contributed by atoms with Gasteiger partial charge in [0.05, 0.1) is 13.3 Å². The summed E-state index contributed by atoms with van der Waals surface area (Å²) in [6.45, 7) is 2.43. The van der Waals surface area contributed by atoms with Crippen LogP contribution in [0.15, 0.2) is 71.8 Å². The van der Waals surface area contributed by atoms with Gasteiger partial charge in [0.25, 0.3) is 5.91 Å². The topological polar surface area (TPSA) is 59.9 Å². The number of nitrogens with one attached hydrogen (secondary N) is 1. The van der Waals surface area contributed by atoms with Crippen LogP contribution in [-0.2, 0) is 6.61 Å². The summed E-state index contributed by atoms with van der Waals surface area (Å²) in [5, 5.41) is 4.62. The van der Waals surface area contributed by atoms with E-state index < -0.39 is 0 Å². The van der Waals surface area contributed by atoms with E-state index in [2.05, 4.69) is 10.5 Å². The van der Waals surface area contributed by atoms with Crippen molar-refractivity contribution in [1.29, 1.82) is 0 Å². The van der Waals surface area contributed by atoms with Crippen LogP contribution in [0.4, 0.5) is 0 Å². The van der Waals surface area contributed by atoms with E-state index in [1.165, 1.54) is 11.8 Å². The second-order valence-corrected chi connectivity index (χ2v) is 6.80. The highest BCUT2D eigenvalue weighted by molar-refractivity contribution is 6.30. The molecule has 148 valence electrons. The number of aryl methyl sites for hydroxylation is 1. The lowest BCUT2D eigenvalue weighted by atomic mass is 10.1. The lowest BCUT2D eigenvalue weighted by Crippen LogP contribution is -2.17. The van der Waals surface area contributed by atoms with E-state index in [9.17, 15) is 4.79 Å². The summed E-state index contributed by atoms with van der Waals surface area (Å²) in [5.74, 6) is 0.813. The molecule has 0 radical (unpaired) electrons. The molecule has 6 heteroatoms. The average Bonchev–Trinajstić information content (AvgIpc) is 2.74. The molecule has 5 nitrogen and oxygen atoms in total. The zero-order chi connectivity index (χ0) is 20.6. The van der Waals surface area contributed by atoms with Gasteiger partial charge in [0, 0.05) is 16.1 Å². The van der Waals surface area contributed by atoms with E-state index in [1.807, 2.05) is 49.4 Å². The number of benzene rings is 3. The Kier molecular flexibility index (Phi) is 6.87. The van der Waals surface area contributed by atoms with Gasteiger partial charge in [0.15, 0.2) is 11.5 Å². The van der Waals surface area contributed by atoms with Crippen LogP contribution in [0.2, 0.25) is 5.02 Å². The van der Waals surface area contributed by atoms with Crippen LogP contribution < -0.4 is 14.9 Å². The first-order chi connectivity index (χ1) is 14.1. The van der Waals surface area contributed by atoms with Crippen molar-refractivity contribution in [2.75, 3.05) is 7.11 Å². The number of ether oxygens (including phenoxy) is 2. The SMILES string of the molecule is COc1cccc(/C=N/NC(=O)c2ccc(Cl)cc2)c1OCc1ccc(C)cc1. The number of hydrazone groups is 1. The predicted molar refractivity (Wildman–Crippen MR) is 115 cm³/mol. The number of carbonyl (C=O) groups excluding carboxylic acids is 1. The lowest BCUT2D eigenvalue weighted by molar-refractivity contribution is 0.0955. The second-order valence-electron chi connectivity index (χ2n) is 6.36. The maximum atomic E-state index is 12.2. The zero-order valence-corrected chi connectivity index (χ0v) is 16.9. The van der Waals surface area contributed by atoms with Crippen molar-refractivity contribution >= 4 is 23.7 Å². The molecular weight excluding hydrogens is 388 g/mol. The molecule has 3 aromatic rings. The third-order valence-electron chi connectivity index (χ3n) is 4.21. The fourth-order valence-corrected chi connectivity index (χ4v) is 2.74. The molecule has 0 saturated heterocycles. The summed E-state index contributed by atoms with van der Waals surface area (Å²) in [6, 6.07) is 20.2. The Morgan fingerprint density at radius 3 is 2.48 bits per heavy atom. The lowest BCUT2D eigenvalue weighted by Gasteiger charge is -2.13. The minimum Gasteiger partial charge on any atom is -0.493 e. The Morgan fingerprint density at radius 2 is 1.79 bits per heavy atom. The van der Waals surface area contributed by atoms with Crippen molar-refractivity contribution in [2.45, 2.75) is 13.5 Å². The van der Waals surface area contributed by atoms with Crippen LogP contribution >= 0.6 is 11.6 Å². The van der Waals surface area contributed by atoms with E-state index >= 15 is 0 Å². The number of methoxy groups -OCH3 is 1. The largest absolute Gasteiger partial charge is 0.493 e. The van der Waals surface area contributed by atoms with Crippen LogP contribution in [0.25, 0.3) is 0 Å². The van der Waals surface area contributed by atoms with Gasteiger partial charge in [-0.3, -0.25) is 4.79 Å². The van der Waals surface area contributed by atoms with E-state index in [1.54, 1.807) is 31.4 Å². The normalized spacial score (nSPS) is 10.7. The molecule has 1 amide bonds. The standard InChI is InChI=1S/C23H21ClN2O3/c1-16-6-8-17(9-7-16)15-29-22-19(4-3-5-21(22)28-2)14-25-26-23(27)18-10-12-20(24)13-11-18/h3-14H,15H2,1-2H3,(H,26,27)/b25-14+. The molecule has 0 aromatic heterocycles. The van der Waals surface area contributed by atoms with Gasteiger partial charge in [0.2, 0.25) is 0 Å². The molecule has 29 heavy (non-hydrogen) atoms. The van der Waals surface area contributed by atoms with Gasteiger partial charge < -0.3 is 9.47 Å². The van der Waals surface area contributed by atoms with E-state index in [4.69, 9.17) is 21.1 Å². The fourth-order valence-electron chi connectivity index (χ4n) is 2.62. The molecule has 0 atom stereocenters. The fraction of sp³-hybridized carbons (Fsp3) is 0.130. The maximum absolute atomic E-state index is 12.2. The molecule has 0 aliphatic rings. The molecule has 0 unspecified atom stereocenters. The molecule has 0 heterocycles. The predicted octanol–water partition coefficient (Wildman–Crippen LogP) is 5.00. The third-order valence-corrected chi connectivity index (χ3v) is 4.46. The van der Waals surface area contributed by atoms with Crippen LogP contribution in [-0.4, -0.2) is 19.2 Å². The number of para-hydroxylation sites is 1. The Balaban J connectivity index is 1.72. The summed E-state index contributed by atoms with van der Waals surface area (Å²) in [7, 11) is 1.58. The summed E-state index contributed by atoms with van der Waals surface area (Å²) < 4.78 is 11.4. The second kappa shape index (κ2) is 9.75. The van der Waals surface area contributed by atoms with Gasteiger partial charge in [-0.05, 0) is 48.9 Å². The van der Waals surface area contributed by atoms with Crippen molar-refractivity contribution in [2.24, 2.45) is 5.10 Å². The van der Waals surface area contributed by atoms with Crippen LogP contribution in [0.5, 0.6) is 11.5 Å². The molecule has 0 aliphatic carbocycles. The molecule has 0 fully saturated rings. The number of amides is 1. The highest BCUT2D eigenvalue weighted by Gasteiger charge is 2.10. The van der Waals surface area contributed by atoms with Crippen molar-refractivity contribution in [3.63, 3.8) is 0 Å². The van der Waals surface area contributed by atoms with Crippen molar-refractivity contribution in [1.82, 2.24) is 5.43 Å². The first-order valence-corrected chi connectivity index (χ1v) is 9.39. The van der Waals surface area contributed by atoms with Gasteiger partial charge in [-0.15, -0.1) is 0 Å². The van der Waals surface area contributed by atoms with E-state index in [0.29, 0.717) is 34.3 Å². The number of rotatable bonds is 7. The quantitative estimate of drug-likeness (QED) is 0.442. The number of hydrogen-bond donors (Lipinski definition) is 1. The number of halogens is 1. The Labute approximate surface area is 174 Å². The number of carbonyl (C=O) groups is 1. The summed E-state index contributed by atoms with van der Waals surface area (Å²) >= 11 is 5.84. The van der Waals surface area contributed by atoms with Crippen molar-refractivity contribution < 1.29 is 14.3 Å². The highest BCUT2D eigenvalue weighted by Crippen LogP contribution is 2.30. The Bertz CT molecular complexity index is 1000. The molecule has 0 saturated carbocycles. The third kappa shape index (κ3) is 5.59. The molecule has 3 aromatic carbocycles. The van der Waals surface area contributed by atoms with Crippen molar-refractivity contribution in [3.05, 3.63) is 94.0 Å².